The minimum absolute atomic E-state index is 0.147. The van der Waals surface area contributed by atoms with E-state index < -0.39 is 0 Å². The van der Waals surface area contributed by atoms with Crippen molar-refractivity contribution < 1.29 is 0 Å². The van der Waals surface area contributed by atoms with Crippen molar-refractivity contribution in [3.63, 3.8) is 0 Å². The Morgan fingerprint density at radius 1 is 1.60 bits per heavy atom. The van der Waals surface area contributed by atoms with Gasteiger partial charge in [-0.2, -0.15) is 5.26 Å². The maximum atomic E-state index is 9.03. The number of hydrogen-bond donors (Lipinski definition) is 0. The molecule has 0 aliphatic rings. The van der Waals surface area contributed by atoms with Crippen molar-refractivity contribution in [1.82, 2.24) is 9.38 Å². The average molecular weight is 264 g/mol. The van der Waals surface area contributed by atoms with E-state index in [9.17, 15) is 0 Å². The Morgan fingerprint density at radius 2 is 2.40 bits per heavy atom. The number of nitrogens with zero attached hydrogens (tertiary/aromatic N) is 3. The fourth-order valence-corrected chi connectivity index (χ4v) is 2.10. The van der Waals surface area contributed by atoms with Crippen LogP contribution in [0.25, 0.3) is 5.52 Å². The molecule has 3 nitrogen and oxygen atoms in total. The molecular formula is C11H10BrN3. The van der Waals surface area contributed by atoms with Gasteiger partial charge in [-0.3, -0.25) is 0 Å². The number of pyridine rings is 1. The highest BCUT2D eigenvalue weighted by Crippen LogP contribution is 2.24. The summed E-state index contributed by atoms with van der Waals surface area (Å²) in [7, 11) is 0. The van der Waals surface area contributed by atoms with Gasteiger partial charge < -0.3 is 4.40 Å². The molecular weight excluding hydrogens is 254 g/mol. The summed E-state index contributed by atoms with van der Waals surface area (Å²) in [6.07, 6.45) is 2.71. The van der Waals surface area contributed by atoms with Crippen molar-refractivity contribution in [2.24, 2.45) is 0 Å². The molecule has 0 aliphatic carbocycles. The molecule has 0 radical (unpaired) electrons. The van der Waals surface area contributed by atoms with Gasteiger partial charge in [-0.25, -0.2) is 4.98 Å². The average Bonchev–Trinajstić information content (AvgIpc) is 2.60. The Morgan fingerprint density at radius 3 is 3.07 bits per heavy atom. The zero-order valence-corrected chi connectivity index (χ0v) is 9.90. The molecule has 1 atom stereocenters. The summed E-state index contributed by atoms with van der Waals surface area (Å²) < 4.78 is 2.76. The maximum absolute atomic E-state index is 9.03. The lowest BCUT2D eigenvalue weighted by atomic mass is 10.1. The standard InChI is InChI=1S/C11H10BrN3/c1-2-8(7-13)11-14-10(12)9-5-3-4-6-15(9)11/h3-6,8H,2H2,1H3. The van der Waals surface area contributed by atoms with Crippen molar-refractivity contribution in [2.75, 3.05) is 0 Å². The number of rotatable bonds is 2. The summed E-state index contributed by atoms with van der Waals surface area (Å²) in [5.41, 5.74) is 1.00. The first-order chi connectivity index (χ1) is 7.27. The molecule has 4 heteroatoms. The Bertz CT molecular complexity index is 524. The summed E-state index contributed by atoms with van der Waals surface area (Å²) in [4.78, 5) is 4.39. The van der Waals surface area contributed by atoms with Crippen LogP contribution in [0, 0.1) is 11.3 Å². The Balaban J connectivity index is 2.67. The predicted octanol–water partition coefficient (Wildman–Crippen LogP) is 3.11. The van der Waals surface area contributed by atoms with Gasteiger partial charge in [-0.05, 0) is 34.5 Å². The number of nitriles is 1. The Labute approximate surface area is 96.5 Å². The molecule has 0 amide bonds. The second-order valence-corrected chi connectivity index (χ2v) is 4.06. The molecule has 0 N–H and O–H groups in total. The van der Waals surface area contributed by atoms with E-state index in [4.69, 9.17) is 5.26 Å². The first kappa shape index (κ1) is 10.2. The van der Waals surface area contributed by atoms with Gasteiger partial charge in [-0.15, -0.1) is 0 Å². The van der Waals surface area contributed by atoms with E-state index in [1.165, 1.54) is 0 Å². The van der Waals surface area contributed by atoms with Gasteiger partial charge >= 0.3 is 0 Å². The molecule has 2 aromatic rings. The fourth-order valence-electron chi connectivity index (χ4n) is 1.60. The molecule has 76 valence electrons. The molecule has 15 heavy (non-hydrogen) atoms. The molecule has 2 aromatic heterocycles. The van der Waals surface area contributed by atoms with Crippen LogP contribution in [0.1, 0.15) is 25.1 Å². The summed E-state index contributed by atoms with van der Waals surface area (Å²) >= 11 is 3.40. The molecule has 0 aliphatic heterocycles. The second-order valence-electron chi connectivity index (χ2n) is 3.31. The van der Waals surface area contributed by atoms with Crippen LogP contribution in [-0.2, 0) is 0 Å². The highest BCUT2D eigenvalue weighted by Gasteiger charge is 2.16. The molecule has 0 bridgehead atoms. The van der Waals surface area contributed by atoms with Crippen LogP contribution in [0.15, 0.2) is 29.0 Å². The minimum Gasteiger partial charge on any atom is -0.301 e. The van der Waals surface area contributed by atoms with Gasteiger partial charge in [0.25, 0.3) is 0 Å². The van der Waals surface area contributed by atoms with Gasteiger partial charge in [-0.1, -0.05) is 13.0 Å². The fraction of sp³-hybridized carbons (Fsp3) is 0.273. The van der Waals surface area contributed by atoms with Gasteiger partial charge in [0.05, 0.1) is 11.6 Å². The second kappa shape index (κ2) is 4.03. The van der Waals surface area contributed by atoms with Crippen LogP contribution in [0.2, 0.25) is 0 Å². The molecule has 0 aromatic carbocycles. The topological polar surface area (TPSA) is 41.1 Å². The Kier molecular flexibility index (Phi) is 2.74. The number of hydrogen-bond acceptors (Lipinski definition) is 2. The van der Waals surface area contributed by atoms with E-state index in [1.807, 2.05) is 35.7 Å². The number of halogens is 1. The summed E-state index contributed by atoms with van der Waals surface area (Å²) in [5.74, 6) is 0.661. The van der Waals surface area contributed by atoms with Crippen LogP contribution < -0.4 is 0 Å². The number of fused-ring (bicyclic) bond motifs is 1. The normalized spacial score (nSPS) is 12.6. The van der Waals surface area contributed by atoms with Crippen LogP contribution in [-0.4, -0.2) is 9.38 Å². The highest BCUT2D eigenvalue weighted by atomic mass is 79.9. The smallest absolute Gasteiger partial charge is 0.132 e. The monoisotopic (exact) mass is 263 g/mol. The van der Waals surface area contributed by atoms with E-state index >= 15 is 0 Å². The van der Waals surface area contributed by atoms with Crippen LogP contribution >= 0.6 is 15.9 Å². The minimum atomic E-state index is -0.147. The lowest BCUT2D eigenvalue weighted by Crippen LogP contribution is -2.00. The third kappa shape index (κ3) is 1.64. The molecule has 0 saturated heterocycles. The zero-order chi connectivity index (χ0) is 10.8. The van der Waals surface area contributed by atoms with E-state index in [2.05, 4.69) is 27.0 Å². The number of imidazole rings is 1. The molecule has 2 rings (SSSR count). The van der Waals surface area contributed by atoms with Crippen molar-refractivity contribution in [2.45, 2.75) is 19.3 Å². The quantitative estimate of drug-likeness (QED) is 0.836. The summed E-state index contributed by atoms with van der Waals surface area (Å²) in [5, 5.41) is 9.03. The predicted molar refractivity (Wildman–Crippen MR) is 61.5 cm³/mol. The van der Waals surface area contributed by atoms with Gasteiger partial charge in [0.15, 0.2) is 0 Å². The summed E-state index contributed by atoms with van der Waals surface area (Å²) in [6.45, 7) is 1.99. The van der Waals surface area contributed by atoms with Crippen molar-refractivity contribution in [3.8, 4) is 6.07 Å². The lowest BCUT2D eigenvalue weighted by Gasteiger charge is -2.03. The van der Waals surface area contributed by atoms with E-state index in [1.54, 1.807) is 0 Å². The Hall–Kier alpha value is -1.34. The van der Waals surface area contributed by atoms with Gasteiger partial charge in [0.2, 0.25) is 0 Å². The first-order valence-electron chi connectivity index (χ1n) is 4.80. The third-order valence-electron chi connectivity index (χ3n) is 2.41. The van der Waals surface area contributed by atoms with Crippen LogP contribution in [0.4, 0.5) is 0 Å². The zero-order valence-electron chi connectivity index (χ0n) is 8.31. The van der Waals surface area contributed by atoms with Crippen molar-refractivity contribution >= 4 is 21.4 Å². The van der Waals surface area contributed by atoms with Crippen molar-refractivity contribution in [1.29, 1.82) is 5.26 Å². The van der Waals surface area contributed by atoms with Crippen LogP contribution in [0.3, 0.4) is 0 Å². The highest BCUT2D eigenvalue weighted by molar-refractivity contribution is 9.10. The third-order valence-corrected chi connectivity index (χ3v) is 2.99. The number of aromatic nitrogens is 2. The van der Waals surface area contributed by atoms with Gasteiger partial charge in [0.1, 0.15) is 16.3 Å². The molecule has 1 unspecified atom stereocenters. The largest absolute Gasteiger partial charge is 0.301 e. The first-order valence-corrected chi connectivity index (χ1v) is 5.59. The summed E-state index contributed by atoms with van der Waals surface area (Å²) in [6, 6.07) is 8.14. The van der Waals surface area contributed by atoms with Crippen LogP contribution in [0.5, 0.6) is 0 Å². The molecule has 0 fully saturated rings. The van der Waals surface area contributed by atoms with E-state index in [0.29, 0.717) is 0 Å². The lowest BCUT2D eigenvalue weighted by molar-refractivity contribution is 0.746. The van der Waals surface area contributed by atoms with Crippen molar-refractivity contribution in [3.05, 3.63) is 34.8 Å². The van der Waals surface area contributed by atoms with E-state index in [0.717, 1.165) is 22.4 Å². The van der Waals surface area contributed by atoms with E-state index in [-0.39, 0.29) is 5.92 Å². The SMILES string of the molecule is CCC(C#N)c1nc(Br)c2ccccn12. The maximum Gasteiger partial charge on any atom is 0.132 e. The molecule has 2 heterocycles. The molecule has 0 spiro atoms. The molecule has 0 saturated carbocycles. The van der Waals surface area contributed by atoms with Gasteiger partial charge in [0, 0.05) is 6.20 Å².